The van der Waals surface area contributed by atoms with Gasteiger partial charge < -0.3 is 9.84 Å². The van der Waals surface area contributed by atoms with Gasteiger partial charge in [-0.2, -0.15) is 4.39 Å². The number of benzene rings is 2. The smallest absolute Gasteiger partial charge is 0.310 e. The monoisotopic (exact) mass is 545 g/mol. The molecule has 0 saturated heterocycles. The van der Waals surface area contributed by atoms with E-state index in [9.17, 15) is 14.3 Å². The van der Waals surface area contributed by atoms with Gasteiger partial charge in [0.25, 0.3) is 0 Å². The molecule has 9 heteroatoms. The van der Waals surface area contributed by atoms with Crippen LogP contribution in [0, 0.1) is 25.2 Å². The van der Waals surface area contributed by atoms with Gasteiger partial charge in [-0.05, 0) is 74.1 Å². The van der Waals surface area contributed by atoms with Crippen LogP contribution in [0.15, 0.2) is 42.6 Å². The maximum atomic E-state index is 14.7. The molecule has 3 heterocycles. The lowest BCUT2D eigenvalue weighted by atomic mass is 9.69. The molecule has 1 unspecified atom stereocenters. The molecule has 8 nitrogen and oxygen atoms in total. The highest BCUT2D eigenvalue weighted by Gasteiger charge is 2.40. The molecule has 2 atom stereocenters. The molecule has 5 rings (SSSR count). The average molecular weight is 546 g/mol. The van der Waals surface area contributed by atoms with Gasteiger partial charge >= 0.3 is 5.97 Å². The number of carboxylic acids is 1. The second kappa shape index (κ2) is 10.6. The molecule has 1 aliphatic rings. The molecule has 0 radical (unpaired) electrons. The van der Waals surface area contributed by atoms with E-state index < -0.39 is 23.2 Å². The first-order valence-electron chi connectivity index (χ1n) is 13.6. The van der Waals surface area contributed by atoms with Crippen molar-refractivity contribution < 1.29 is 19.0 Å². The van der Waals surface area contributed by atoms with Crippen molar-refractivity contribution in [2.24, 2.45) is 12.5 Å². The van der Waals surface area contributed by atoms with Crippen molar-refractivity contribution in [3.05, 3.63) is 81.9 Å². The van der Waals surface area contributed by atoms with Crippen LogP contribution in [0.5, 0.6) is 5.75 Å². The van der Waals surface area contributed by atoms with Crippen molar-refractivity contribution in [2.45, 2.75) is 66.2 Å². The lowest BCUT2D eigenvalue weighted by Crippen LogP contribution is -2.33. The summed E-state index contributed by atoms with van der Waals surface area (Å²) in [5.74, 6) is -1.28. The quantitative estimate of drug-likeness (QED) is 0.305. The highest BCUT2D eigenvalue weighted by atomic mass is 19.1. The van der Waals surface area contributed by atoms with E-state index >= 15 is 0 Å². The summed E-state index contributed by atoms with van der Waals surface area (Å²) in [4.78, 5) is 18.7. The lowest BCUT2D eigenvalue weighted by molar-refractivity contribution is -0.147. The van der Waals surface area contributed by atoms with Crippen molar-refractivity contribution in [2.75, 3.05) is 6.54 Å². The molecule has 40 heavy (non-hydrogen) atoms. The molecule has 2 aromatic heterocycles. The van der Waals surface area contributed by atoms with Gasteiger partial charge in [0.1, 0.15) is 17.4 Å². The fraction of sp³-hybridized carbons (Fsp3) is 0.419. The Labute approximate surface area is 233 Å². The maximum Gasteiger partial charge on any atom is 0.310 e. The van der Waals surface area contributed by atoms with E-state index in [1.54, 1.807) is 24.6 Å². The minimum Gasteiger partial charge on any atom is -0.489 e. The van der Waals surface area contributed by atoms with Crippen LogP contribution in [0.3, 0.4) is 0 Å². The van der Waals surface area contributed by atoms with Gasteiger partial charge in [0.05, 0.1) is 16.5 Å². The van der Waals surface area contributed by atoms with Crippen LogP contribution in [0.25, 0.3) is 11.0 Å². The Hall–Kier alpha value is -3.85. The third-order valence-corrected chi connectivity index (χ3v) is 8.32. The fourth-order valence-corrected chi connectivity index (χ4v) is 5.78. The third kappa shape index (κ3) is 4.94. The number of hydrogen-bond donors (Lipinski definition) is 1. The largest absolute Gasteiger partial charge is 0.489 e. The van der Waals surface area contributed by atoms with Crippen LogP contribution < -0.4 is 4.74 Å². The van der Waals surface area contributed by atoms with Crippen molar-refractivity contribution >= 4 is 17.0 Å². The summed E-state index contributed by atoms with van der Waals surface area (Å²) in [6, 6.07) is 11.9. The summed E-state index contributed by atoms with van der Waals surface area (Å²) >= 11 is 0. The molecular formula is C31H36FN5O3. The molecule has 210 valence electrons. The Balaban J connectivity index is 1.57. The zero-order chi connectivity index (χ0) is 28.8. The van der Waals surface area contributed by atoms with Gasteiger partial charge in [-0.15, -0.1) is 5.10 Å². The Morgan fingerprint density at radius 3 is 2.73 bits per heavy atom. The van der Waals surface area contributed by atoms with Gasteiger partial charge in [-0.25, -0.2) is 9.67 Å². The van der Waals surface area contributed by atoms with E-state index in [1.165, 1.54) is 6.20 Å². The van der Waals surface area contributed by atoms with Crippen LogP contribution in [0.2, 0.25) is 0 Å². The van der Waals surface area contributed by atoms with Crippen molar-refractivity contribution in [3.63, 3.8) is 0 Å². The predicted molar refractivity (Wildman–Crippen MR) is 151 cm³/mol. The number of rotatable bonds is 7. The number of carbonyl (C=O) groups is 1. The SMILES string of the molecule is CC[C@@H]1CN(Cc2cc(C(c3ccc4c(nnn4C)c3C)C(C)(C)C(=O)O)ccc2C)Cc2c(ccnc2F)O1. The molecule has 1 aliphatic heterocycles. The highest BCUT2D eigenvalue weighted by molar-refractivity contribution is 5.81. The number of halogens is 1. The first-order chi connectivity index (χ1) is 19.0. The number of ether oxygens (including phenoxy) is 1. The van der Waals surface area contributed by atoms with E-state index in [-0.39, 0.29) is 6.10 Å². The third-order valence-electron chi connectivity index (χ3n) is 8.32. The molecule has 0 spiro atoms. The number of aliphatic carboxylic acids is 1. The second-order valence-corrected chi connectivity index (χ2v) is 11.4. The number of fused-ring (bicyclic) bond motifs is 2. The maximum absolute atomic E-state index is 14.7. The van der Waals surface area contributed by atoms with E-state index in [0.29, 0.717) is 30.9 Å². The van der Waals surface area contributed by atoms with E-state index in [2.05, 4.69) is 40.1 Å². The first kappa shape index (κ1) is 27.7. The van der Waals surface area contributed by atoms with Gasteiger partial charge in [-0.1, -0.05) is 36.4 Å². The Morgan fingerprint density at radius 2 is 2.00 bits per heavy atom. The molecule has 0 fully saturated rings. The Kier molecular flexibility index (Phi) is 7.35. The summed E-state index contributed by atoms with van der Waals surface area (Å²) in [5, 5.41) is 18.9. The van der Waals surface area contributed by atoms with Crippen molar-refractivity contribution in [1.82, 2.24) is 24.9 Å². The number of nitrogens with zero attached hydrogens (tertiary/aromatic N) is 5. The number of aromatic nitrogens is 4. The molecule has 1 N–H and O–H groups in total. The van der Waals surface area contributed by atoms with Gasteiger partial charge in [0, 0.05) is 38.8 Å². The minimum absolute atomic E-state index is 0.0772. The molecular weight excluding hydrogens is 509 g/mol. The van der Waals surface area contributed by atoms with Crippen LogP contribution in [-0.2, 0) is 24.9 Å². The standard InChI is InChI=1S/C31H36FN5O3/c1-7-22-16-37(17-24-26(40-22)12-13-33-29(24)32)15-21-14-20(9-8-18(21)2)27(31(4,5)30(38)39)23-10-11-25-28(19(23)3)34-35-36(25)6/h8-14,22,27H,7,15-17H2,1-6H3,(H,38,39)/t22-,27?/m1/s1. The normalized spacial score (nSPS) is 16.8. The minimum atomic E-state index is -1.11. The molecule has 0 aliphatic carbocycles. The molecule has 0 bridgehead atoms. The number of aryl methyl sites for hydroxylation is 3. The zero-order valence-electron chi connectivity index (χ0n) is 23.9. The van der Waals surface area contributed by atoms with Crippen molar-refractivity contribution in [3.8, 4) is 5.75 Å². The average Bonchev–Trinajstić information content (AvgIpc) is 3.18. The predicted octanol–water partition coefficient (Wildman–Crippen LogP) is 5.54. The van der Waals surface area contributed by atoms with Crippen LogP contribution in [-0.4, -0.2) is 48.6 Å². The first-order valence-corrected chi connectivity index (χ1v) is 13.6. The second-order valence-electron chi connectivity index (χ2n) is 11.4. The molecule has 0 saturated carbocycles. The molecule has 4 aromatic rings. The summed E-state index contributed by atoms with van der Waals surface area (Å²) in [5.41, 5.74) is 5.90. The summed E-state index contributed by atoms with van der Waals surface area (Å²) < 4.78 is 22.6. The van der Waals surface area contributed by atoms with Gasteiger partial charge in [-0.3, -0.25) is 9.69 Å². The van der Waals surface area contributed by atoms with Crippen molar-refractivity contribution in [1.29, 1.82) is 0 Å². The Morgan fingerprint density at radius 1 is 1.23 bits per heavy atom. The zero-order valence-corrected chi connectivity index (χ0v) is 23.9. The lowest BCUT2D eigenvalue weighted by Gasteiger charge is -2.33. The van der Waals surface area contributed by atoms with E-state index in [4.69, 9.17) is 4.74 Å². The van der Waals surface area contributed by atoms with Gasteiger partial charge in [0.15, 0.2) is 0 Å². The van der Waals surface area contributed by atoms with E-state index in [1.807, 2.05) is 38.2 Å². The fourth-order valence-electron chi connectivity index (χ4n) is 5.78. The summed E-state index contributed by atoms with van der Waals surface area (Å²) in [6.45, 7) is 11.2. The van der Waals surface area contributed by atoms with Crippen LogP contribution >= 0.6 is 0 Å². The Bertz CT molecular complexity index is 1580. The summed E-state index contributed by atoms with van der Waals surface area (Å²) in [7, 11) is 1.84. The number of carboxylic acid groups (broad SMARTS) is 1. The highest BCUT2D eigenvalue weighted by Crippen LogP contribution is 2.44. The topological polar surface area (TPSA) is 93.4 Å². The summed E-state index contributed by atoms with van der Waals surface area (Å²) in [6.07, 6.45) is 2.15. The number of pyridine rings is 1. The molecule has 2 aromatic carbocycles. The molecule has 0 amide bonds. The van der Waals surface area contributed by atoms with Crippen LogP contribution in [0.1, 0.15) is 66.5 Å². The van der Waals surface area contributed by atoms with Crippen LogP contribution in [0.4, 0.5) is 4.39 Å². The van der Waals surface area contributed by atoms with Gasteiger partial charge in [0.2, 0.25) is 5.95 Å². The van der Waals surface area contributed by atoms with E-state index in [0.717, 1.165) is 45.3 Å². The number of hydrogen-bond acceptors (Lipinski definition) is 6.